The number of nitrogens with zero attached hydrogens (tertiary/aromatic N) is 1. The molecule has 1 heteroatoms. The van der Waals surface area contributed by atoms with Gasteiger partial charge in [-0.3, -0.25) is 4.48 Å². The molecule has 0 saturated carbocycles. The van der Waals surface area contributed by atoms with E-state index in [4.69, 9.17) is 0 Å². The third-order valence-corrected chi connectivity index (χ3v) is 1.44. The number of hydrogen-bond donors (Lipinski definition) is 0. The van der Waals surface area contributed by atoms with Crippen LogP contribution in [0.25, 0.3) is 0 Å². The van der Waals surface area contributed by atoms with Crippen molar-refractivity contribution in [3.05, 3.63) is 36.6 Å². The van der Waals surface area contributed by atoms with Crippen LogP contribution in [-0.4, -0.2) is 25.6 Å². The number of allylic oxidation sites excluding steroid dienone is 4. The monoisotopic (exact) mass is 152 g/mol. The van der Waals surface area contributed by atoms with Crippen LogP contribution >= 0.6 is 0 Å². The van der Waals surface area contributed by atoms with E-state index in [9.17, 15) is 0 Å². The summed E-state index contributed by atoms with van der Waals surface area (Å²) in [6.07, 6.45) is 8.01. The summed E-state index contributed by atoms with van der Waals surface area (Å²) in [5, 5.41) is 0. The molecule has 0 aliphatic rings. The first-order chi connectivity index (χ1) is 5.02. The second-order valence-electron chi connectivity index (χ2n) is 3.33. The first-order valence-electron chi connectivity index (χ1n) is 3.79. The van der Waals surface area contributed by atoms with Gasteiger partial charge in [0.2, 0.25) is 0 Å². The Kier molecular flexibility index (Phi) is 3.83. The van der Waals surface area contributed by atoms with Gasteiger partial charge >= 0.3 is 0 Å². The van der Waals surface area contributed by atoms with Crippen LogP contribution < -0.4 is 0 Å². The molecule has 0 aliphatic heterocycles. The third kappa shape index (κ3) is 3.79. The van der Waals surface area contributed by atoms with Gasteiger partial charge in [-0.05, 0) is 19.1 Å². The zero-order chi connectivity index (χ0) is 8.91. The highest BCUT2D eigenvalue weighted by Crippen LogP contribution is 2.08. The summed E-state index contributed by atoms with van der Waals surface area (Å²) in [5.41, 5.74) is 1.21. The van der Waals surface area contributed by atoms with Gasteiger partial charge < -0.3 is 0 Å². The molecule has 0 aromatic heterocycles. The molecule has 1 nitrogen and oxygen atoms in total. The van der Waals surface area contributed by atoms with Crippen LogP contribution in [0.5, 0.6) is 0 Å². The Morgan fingerprint density at radius 2 is 1.82 bits per heavy atom. The molecule has 11 heavy (non-hydrogen) atoms. The number of rotatable bonds is 3. The SMILES string of the molecule is C=C/C(=C\C=C/C)[N+](C)(C)C. The van der Waals surface area contributed by atoms with E-state index in [0.717, 1.165) is 4.48 Å². The molecule has 0 saturated heterocycles. The highest BCUT2D eigenvalue weighted by Gasteiger charge is 2.10. The van der Waals surface area contributed by atoms with E-state index in [1.54, 1.807) is 0 Å². The average molecular weight is 152 g/mol. The average Bonchev–Trinajstić information content (AvgIpc) is 1.87. The van der Waals surface area contributed by atoms with Gasteiger partial charge in [-0.25, -0.2) is 0 Å². The summed E-state index contributed by atoms with van der Waals surface area (Å²) in [5.74, 6) is 0. The van der Waals surface area contributed by atoms with Gasteiger partial charge in [0.25, 0.3) is 0 Å². The molecule has 0 N–H and O–H groups in total. The summed E-state index contributed by atoms with van der Waals surface area (Å²) < 4.78 is 0.813. The van der Waals surface area contributed by atoms with Crippen molar-refractivity contribution < 1.29 is 4.48 Å². The molecule has 0 heterocycles. The summed E-state index contributed by atoms with van der Waals surface area (Å²) in [6, 6.07) is 0. The zero-order valence-corrected chi connectivity index (χ0v) is 7.96. The lowest BCUT2D eigenvalue weighted by molar-refractivity contribution is -0.828. The fraction of sp³-hybridized carbons (Fsp3) is 0.400. The first kappa shape index (κ1) is 10.2. The minimum absolute atomic E-state index is 0.813. The van der Waals surface area contributed by atoms with Crippen LogP contribution in [0.1, 0.15) is 6.92 Å². The van der Waals surface area contributed by atoms with Crippen molar-refractivity contribution in [2.75, 3.05) is 21.1 Å². The first-order valence-corrected chi connectivity index (χ1v) is 3.79. The summed E-state index contributed by atoms with van der Waals surface area (Å²) >= 11 is 0. The van der Waals surface area contributed by atoms with Gasteiger partial charge in [0.15, 0.2) is 0 Å². The summed E-state index contributed by atoms with van der Waals surface area (Å²) in [6.45, 7) is 5.77. The largest absolute Gasteiger partial charge is 0.298 e. The topological polar surface area (TPSA) is 0 Å². The second kappa shape index (κ2) is 4.14. The van der Waals surface area contributed by atoms with Crippen molar-refractivity contribution in [3.8, 4) is 0 Å². The molecule has 0 radical (unpaired) electrons. The second-order valence-corrected chi connectivity index (χ2v) is 3.33. The van der Waals surface area contributed by atoms with E-state index in [1.807, 2.05) is 25.2 Å². The highest BCUT2D eigenvalue weighted by atomic mass is 15.3. The third-order valence-electron chi connectivity index (χ3n) is 1.44. The summed E-state index contributed by atoms with van der Waals surface area (Å²) in [7, 11) is 6.37. The molecule has 0 amide bonds. The van der Waals surface area contributed by atoms with Crippen molar-refractivity contribution in [2.24, 2.45) is 0 Å². The van der Waals surface area contributed by atoms with Gasteiger partial charge in [0.1, 0.15) is 5.70 Å². The summed E-state index contributed by atoms with van der Waals surface area (Å²) in [4.78, 5) is 0. The van der Waals surface area contributed by atoms with Crippen molar-refractivity contribution in [2.45, 2.75) is 6.92 Å². The standard InChI is InChI=1S/C10H18N/c1-6-8-9-10(7-2)11(3,4)5/h6-9H,2H2,1,3-5H3/q+1/b8-6-,10-9+. The highest BCUT2D eigenvalue weighted by molar-refractivity contribution is 5.15. The van der Waals surface area contributed by atoms with Crippen LogP contribution in [0.4, 0.5) is 0 Å². The Hall–Kier alpha value is -0.820. The smallest absolute Gasteiger partial charge is 0.131 e. The number of likely N-dealkylation sites (N-methyl/N-ethyl adjacent to an activating group) is 1. The van der Waals surface area contributed by atoms with Gasteiger partial charge in [-0.2, -0.15) is 0 Å². The van der Waals surface area contributed by atoms with E-state index in [0.29, 0.717) is 0 Å². The lowest BCUT2D eigenvalue weighted by Crippen LogP contribution is -2.32. The van der Waals surface area contributed by atoms with Crippen LogP contribution in [-0.2, 0) is 0 Å². The Morgan fingerprint density at radius 3 is 2.09 bits per heavy atom. The maximum Gasteiger partial charge on any atom is 0.131 e. The minimum atomic E-state index is 0.813. The van der Waals surface area contributed by atoms with Gasteiger partial charge in [-0.1, -0.05) is 18.7 Å². The van der Waals surface area contributed by atoms with Crippen LogP contribution in [0, 0.1) is 0 Å². The van der Waals surface area contributed by atoms with Crippen molar-refractivity contribution in [1.29, 1.82) is 0 Å². The van der Waals surface area contributed by atoms with E-state index < -0.39 is 0 Å². The quantitative estimate of drug-likeness (QED) is 0.430. The fourth-order valence-electron chi connectivity index (χ4n) is 0.760. The van der Waals surface area contributed by atoms with Crippen LogP contribution in [0.3, 0.4) is 0 Å². The number of hydrogen-bond acceptors (Lipinski definition) is 0. The Bertz CT molecular complexity index is 180. The predicted octanol–water partition coefficient (Wildman–Crippen LogP) is 2.34. The molecule has 0 atom stereocenters. The zero-order valence-electron chi connectivity index (χ0n) is 7.96. The van der Waals surface area contributed by atoms with E-state index >= 15 is 0 Å². The number of quaternary nitrogens is 1. The van der Waals surface area contributed by atoms with Gasteiger partial charge in [-0.15, -0.1) is 0 Å². The van der Waals surface area contributed by atoms with Crippen LogP contribution in [0.15, 0.2) is 36.6 Å². The van der Waals surface area contributed by atoms with Crippen molar-refractivity contribution in [3.63, 3.8) is 0 Å². The molecule has 0 unspecified atom stereocenters. The molecule has 0 bridgehead atoms. The predicted molar refractivity (Wildman–Crippen MR) is 51.1 cm³/mol. The molecular formula is C10H18N+. The van der Waals surface area contributed by atoms with Gasteiger partial charge in [0, 0.05) is 0 Å². The van der Waals surface area contributed by atoms with E-state index in [1.165, 1.54) is 5.70 Å². The molecule has 0 aliphatic carbocycles. The van der Waals surface area contributed by atoms with E-state index in [-0.39, 0.29) is 0 Å². The maximum absolute atomic E-state index is 3.76. The Labute approximate surface area is 69.9 Å². The molecule has 0 spiro atoms. The lowest BCUT2D eigenvalue weighted by atomic mass is 10.3. The molecule has 62 valence electrons. The van der Waals surface area contributed by atoms with Crippen molar-refractivity contribution in [1.82, 2.24) is 0 Å². The molecule has 0 aromatic rings. The van der Waals surface area contributed by atoms with Crippen LogP contribution in [0.2, 0.25) is 0 Å². The molecule has 0 fully saturated rings. The van der Waals surface area contributed by atoms with Gasteiger partial charge in [0.05, 0.1) is 21.1 Å². The lowest BCUT2D eigenvalue weighted by Gasteiger charge is -2.23. The minimum Gasteiger partial charge on any atom is -0.298 e. The fourth-order valence-corrected chi connectivity index (χ4v) is 0.760. The maximum atomic E-state index is 3.76. The Balaban J connectivity index is 4.53. The molecule has 0 aromatic carbocycles. The van der Waals surface area contributed by atoms with E-state index in [2.05, 4.69) is 33.8 Å². The molecular weight excluding hydrogens is 134 g/mol. The normalized spacial score (nSPS) is 14.0. The molecule has 0 rings (SSSR count). The Morgan fingerprint density at radius 1 is 1.27 bits per heavy atom. The van der Waals surface area contributed by atoms with Crippen molar-refractivity contribution >= 4 is 0 Å².